The monoisotopic (exact) mass is 345 g/mol. The van der Waals surface area contributed by atoms with Crippen molar-refractivity contribution in [3.05, 3.63) is 44.6 Å². The summed E-state index contributed by atoms with van der Waals surface area (Å²) in [5.41, 5.74) is 2.09. The van der Waals surface area contributed by atoms with Gasteiger partial charge in [-0.2, -0.15) is 4.98 Å². The number of rotatable bonds is 3. The van der Waals surface area contributed by atoms with E-state index in [4.69, 9.17) is 12.2 Å². The standard InChI is InChI=1S/C16H19N5S2/c1-11-9-12(2)21-15(17-11)18-16(22)20(21)10-19-7-3-5-13(19)14-6-4-8-23-14/h4,6,8-9,13H,3,5,7,10H2,1-2H3/t13-/m0/s1. The molecule has 0 saturated carbocycles. The molecule has 3 aromatic heterocycles. The van der Waals surface area contributed by atoms with Gasteiger partial charge in [0.15, 0.2) is 0 Å². The van der Waals surface area contributed by atoms with E-state index in [1.807, 2.05) is 22.8 Å². The predicted molar refractivity (Wildman–Crippen MR) is 94.3 cm³/mol. The summed E-state index contributed by atoms with van der Waals surface area (Å²) in [6.45, 7) is 5.92. The van der Waals surface area contributed by atoms with E-state index in [1.54, 1.807) is 0 Å². The van der Waals surface area contributed by atoms with Crippen molar-refractivity contribution in [2.45, 2.75) is 39.4 Å². The third kappa shape index (κ3) is 2.62. The van der Waals surface area contributed by atoms with Crippen LogP contribution < -0.4 is 0 Å². The van der Waals surface area contributed by atoms with Gasteiger partial charge >= 0.3 is 0 Å². The zero-order valence-corrected chi connectivity index (χ0v) is 14.9. The topological polar surface area (TPSA) is 38.4 Å². The van der Waals surface area contributed by atoms with Gasteiger partial charge in [-0.15, -0.1) is 11.3 Å². The molecule has 0 aliphatic carbocycles. The van der Waals surface area contributed by atoms with Crippen molar-refractivity contribution in [1.29, 1.82) is 0 Å². The van der Waals surface area contributed by atoms with E-state index in [2.05, 4.69) is 50.1 Å². The molecule has 0 unspecified atom stereocenters. The molecule has 0 N–H and O–H groups in total. The molecule has 23 heavy (non-hydrogen) atoms. The molecule has 0 spiro atoms. The van der Waals surface area contributed by atoms with Gasteiger partial charge in [0.25, 0.3) is 5.78 Å². The molecule has 1 aliphatic heterocycles. The molecule has 0 aromatic carbocycles. The molecule has 4 heterocycles. The van der Waals surface area contributed by atoms with Gasteiger partial charge in [0.05, 0.1) is 6.67 Å². The first-order chi connectivity index (χ1) is 11.1. The summed E-state index contributed by atoms with van der Waals surface area (Å²) in [7, 11) is 0. The van der Waals surface area contributed by atoms with Crippen LogP contribution in [0.5, 0.6) is 0 Å². The highest BCUT2D eigenvalue weighted by Gasteiger charge is 2.27. The molecule has 0 radical (unpaired) electrons. The number of nitrogens with zero attached hydrogens (tertiary/aromatic N) is 5. The van der Waals surface area contributed by atoms with Gasteiger partial charge in [0.2, 0.25) is 4.77 Å². The second-order valence-electron chi connectivity index (χ2n) is 6.07. The van der Waals surface area contributed by atoms with Crippen LogP contribution in [0, 0.1) is 18.6 Å². The normalized spacial score (nSPS) is 19.0. The average molecular weight is 345 g/mol. The van der Waals surface area contributed by atoms with E-state index < -0.39 is 0 Å². The quantitative estimate of drug-likeness (QED) is 0.678. The smallest absolute Gasteiger partial charge is 0.252 e. The maximum atomic E-state index is 5.50. The molecule has 1 fully saturated rings. The summed E-state index contributed by atoms with van der Waals surface area (Å²) in [6, 6.07) is 6.92. The van der Waals surface area contributed by atoms with E-state index in [-0.39, 0.29) is 0 Å². The number of thiophene rings is 1. The van der Waals surface area contributed by atoms with Crippen molar-refractivity contribution >= 4 is 29.3 Å². The number of aryl methyl sites for hydroxylation is 2. The number of hydrogen-bond acceptors (Lipinski definition) is 5. The number of aromatic nitrogens is 4. The van der Waals surface area contributed by atoms with Gasteiger partial charge in [0, 0.05) is 28.9 Å². The van der Waals surface area contributed by atoms with E-state index >= 15 is 0 Å². The second kappa shape index (κ2) is 5.81. The van der Waals surface area contributed by atoms with Crippen LogP contribution in [-0.2, 0) is 6.67 Å². The van der Waals surface area contributed by atoms with Crippen LogP contribution in [0.25, 0.3) is 5.78 Å². The lowest BCUT2D eigenvalue weighted by molar-refractivity contribution is 0.187. The Morgan fingerprint density at radius 2 is 2.22 bits per heavy atom. The Labute approximate surface area is 144 Å². The molecule has 5 nitrogen and oxygen atoms in total. The first-order valence-corrected chi connectivity index (χ1v) is 9.13. The van der Waals surface area contributed by atoms with Crippen LogP contribution in [0.2, 0.25) is 0 Å². The third-order valence-corrected chi connectivity index (χ3v) is 5.70. The highest BCUT2D eigenvalue weighted by molar-refractivity contribution is 7.71. The number of hydrogen-bond donors (Lipinski definition) is 0. The SMILES string of the molecule is Cc1cc(C)n2c(n1)nc(=S)n2CN1CCC[C@H]1c1cccs1. The fourth-order valence-corrected chi connectivity index (χ4v) is 4.57. The minimum Gasteiger partial charge on any atom is -0.276 e. The van der Waals surface area contributed by atoms with Gasteiger partial charge in [0.1, 0.15) is 0 Å². The van der Waals surface area contributed by atoms with Gasteiger partial charge in [-0.25, -0.2) is 14.2 Å². The Kier molecular flexibility index (Phi) is 3.79. The summed E-state index contributed by atoms with van der Waals surface area (Å²) in [5.74, 6) is 0.694. The minimum atomic E-state index is 0.487. The largest absolute Gasteiger partial charge is 0.276 e. The number of likely N-dealkylation sites (tertiary alicyclic amines) is 1. The Morgan fingerprint density at radius 1 is 1.35 bits per heavy atom. The van der Waals surface area contributed by atoms with Crippen molar-refractivity contribution in [2.24, 2.45) is 0 Å². The molecule has 1 aliphatic rings. The van der Waals surface area contributed by atoms with E-state index in [1.165, 1.54) is 17.7 Å². The van der Waals surface area contributed by atoms with Crippen molar-refractivity contribution in [2.75, 3.05) is 6.54 Å². The zero-order valence-electron chi connectivity index (χ0n) is 13.3. The highest BCUT2D eigenvalue weighted by Crippen LogP contribution is 2.34. The Hall–Kier alpha value is -1.57. The van der Waals surface area contributed by atoms with Crippen LogP contribution in [0.1, 0.15) is 35.1 Å². The van der Waals surface area contributed by atoms with Gasteiger partial charge in [-0.3, -0.25) is 4.90 Å². The lowest BCUT2D eigenvalue weighted by Gasteiger charge is -2.24. The summed E-state index contributed by atoms with van der Waals surface area (Å²) in [4.78, 5) is 12.9. The highest BCUT2D eigenvalue weighted by atomic mass is 32.1. The lowest BCUT2D eigenvalue weighted by Crippen LogP contribution is -2.28. The summed E-state index contributed by atoms with van der Waals surface area (Å²) < 4.78 is 4.71. The Balaban J connectivity index is 1.73. The average Bonchev–Trinajstić information content (AvgIpc) is 3.20. The van der Waals surface area contributed by atoms with E-state index in [0.29, 0.717) is 16.6 Å². The number of fused-ring (bicyclic) bond motifs is 1. The Bertz CT molecular complexity index is 893. The van der Waals surface area contributed by atoms with Crippen molar-refractivity contribution < 1.29 is 0 Å². The molecule has 1 saturated heterocycles. The molecular formula is C16H19N5S2. The molecule has 0 amide bonds. The molecular weight excluding hydrogens is 326 g/mol. The minimum absolute atomic E-state index is 0.487. The van der Waals surface area contributed by atoms with Gasteiger partial charge < -0.3 is 0 Å². The van der Waals surface area contributed by atoms with Crippen LogP contribution in [-0.4, -0.2) is 30.6 Å². The van der Waals surface area contributed by atoms with Gasteiger partial charge in [-0.1, -0.05) is 6.07 Å². The predicted octanol–water partition coefficient (Wildman–Crippen LogP) is 3.73. The lowest BCUT2D eigenvalue weighted by atomic mass is 10.2. The maximum absolute atomic E-state index is 5.50. The van der Waals surface area contributed by atoms with Crippen LogP contribution in [0.4, 0.5) is 0 Å². The molecule has 0 bridgehead atoms. The maximum Gasteiger partial charge on any atom is 0.252 e. The van der Waals surface area contributed by atoms with E-state index in [9.17, 15) is 0 Å². The third-order valence-electron chi connectivity index (χ3n) is 4.43. The summed E-state index contributed by atoms with van der Waals surface area (Å²) >= 11 is 7.33. The van der Waals surface area contributed by atoms with Crippen LogP contribution >= 0.6 is 23.6 Å². The van der Waals surface area contributed by atoms with Gasteiger partial charge in [-0.05, 0) is 56.4 Å². The fourth-order valence-electron chi connectivity index (χ4n) is 3.45. The molecule has 1 atom stereocenters. The summed E-state index contributed by atoms with van der Waals surface area (Å²) in [6.07, 6.45) is 2.43. The molecule has 3 aromatic rings. The zero-order chi connectivity index (χ0) is 16.0. The van der Waals surface area contributed by atoms with Crippen LogP contribution in [0.15, 0.2) is 23.6 Å². The molecule has 4 rings (SSSR count). The van der Waals surface area contributed by atoms with Crippen molar-refractivity contribution in [3.63, 3.8) is 0 Å². The molecule has 120 valence electrons. The Morgan fingerprint density at radius 3 is 3.00 bits per heavy atom. The van der Waals surface area contributed by atoms with E-state index in [0.717, 1.165) is 24.6 Å². The first-order valence-electron chi connectivity index (χ1n) is 7.85. The fraction of sp³-hybridized carbons (Fsp3) is 0.438. The van der Waals surface area contributed by atoms with Crippen molar-refractivity contribution in [1.82, 2.24) is 24.1 Å². The second-order valence-corrected chi connectivity index (χ2v) is 7.42. The van der Waals surface area contributed by atoms with Crippen LogP contribution in [0.3, 0.4) is 0 Å². The first kappa shape index (κ1) is 15.0. The van der Waals surface area contributed by atoms with Crippen molar-refractivity contribution in [3.8, 4) is 0 Å². The summed E-state index contributed by atoms with van der Waals surface area (Å²) in [5, 5.41) is 2.16. The molecule has 7 heteroatoms.